The number of nitrogens with zero attached hydrogens (tertiary/aromatic N) is 2. The van der Waals surface area contributed by atoms with E-state index in [4.69, 9.17) is 4.74 Å². The van der Waals surface area contributed by atoms with Crippen molar-refractivity contribution in [1.29, 1.82) is 0 Å². The van der Waals surface area contributed by atoms with E-state index in [9.17, 15) is 10.1 Å². The molecule has 0 atom stereocenters. The third-order valence-electron chi connectivity index (χ3n) is 3.13. The number of rotatable bonds is 7. The highest BCUT2D eigenvalue weighted by Crippen LogP contribution is 2.32. The van der Waals surface area contributed by atoms with Crippen LogP contribution in [0.2, 0.25) is 0 Å². The summed E-state index contributed by atoms with van der Waals surface area (Å²) in [4.78, 5) is 14.8. The van der Waals surface area contributed by atoms with Crippen molar-refractivity contribution >= 4 is 16.5 Å². The average molecular weight is 289 g/mol. The minimum Gasteiger partial charge on any atom is -0.492 e. The third kappa shape index (κ3) is 3.66. The van der Waals surface area contributed by atoms with Crippen LogP contribution in [0.4, 0.5) is 5.69 Å². The molecule has 0 aliphatic heterocycles. The summed E-state index contributed by atoms with van der Waals surface area (Å²) in [7, 11) is 0. The molecule has 1 aromatic heterocycles. The summed E-state index contributed by atoms with van der Waals surface area (Å²) in [5, 5.41) is 15.6. The molecule has 2 rings (SSSR count). The third-order valence-corrected chi connectivity index (χ3v) is 3.13. The van der Waals surface area contributed by atoms with Gasteiger partial charge in [0.1, 0.15) is 12.4 Å². The van der Waals surface area contributed by atoms with E-state index in [1.807, 2.05) is 13.0 Å². The van der Waals surface area contributed by atoms with Crippen molar-refractivity contribution in [3.8, 4) is 5.75 Å². The molecule has 0 spiro atoms. The second-order valence-corrected chi connectivity index (χ2v) is 4.81. The Balaban J connectivity index is 2.25. The zero-order valence-corrected chi connectivity index (χ0v) is 12.3. The standard InChI is InChI=1S/C15H19N3O3/c1-3-6-16-7-8-21-15-5-4-14(18(19)20)13-10-17-11(2)9-12(13)15/h4-5,9-10,16H,3,6-8H2,1-2H3. The Hall–Kier alpha value is -2.21. The topological polar surface area (TPSA) is 77.3 Å². The number of ether oxygens (including phenoxy) is 1. The monoisotopic (exact) mass is 289 g/mol. The number of nitrogens with one attached hydrogen (secondary N) is 1. The minimum absolute atomic E-state index is 0.0500. The lowest BCUT2D eigenvalue weighted by Gasteiger charge is -2.10. The maximum Gasteiger partial charge on any atom is 0.279 e. The van der Waals surface area contributed by atoms with Gasteiger partial charge in [-0.15, -0.1) is 0 Å². The zero-order valence-electron chi connectivity index (χ0n) is 12.3. The molecule has 0 bridgehead atoms. The predicted molar refractivity (Wildman–Crippen MR) is 81.8 cm³/mol. The lowest BCUT2D eigenvalue weighted by Crippen LogP contribution is -2.21. The number of hydrogen-bond acceptors (Lipinski definition) is 5. The molecule has 6 nitrogen and oxygen atoms in total. The first-order valence-corrected chi connectivity index (χ1v) is 7.00. The van der Waals surface area contributed by atoms with Crippen molar-refractivity contribution in [2.45, 2.75) is 20.3 Å². The zero-order chi connectivity index (χ0) is 15.2. The Morgan fingerprint density at radius 2 is 2.14 bits per heavy atom. The summed E-state index contributed by atoms with van der Waals surface area (Å²) >= 11 is 0. The molecule has 0 saturated carbocycles. The van der Waals surface area contributed by atoms with Crippen molar-refractivity contribution in [3.05, 3.63) is 40.2 Å². The van der Waals surface area contributed by atoms with E-state index in [2.05, 4.69) is 17.2 Å². The first kappa shape index (κ1) is 15.2. The van der Waals surface area contributed by atoms with Gasteiger partial charge in [-0.3, -0.25) is 15.1 Å². The lowest BCUT2D eigenvalue weighted by atomic mass is 10.1. The number of pyridine rings is 1. The molecule has 0 unspecified atom stereocenters. The van der Waals surface area contributed by atoms with Crippen LogP contribution in [0.5, 0.6) is 5.75 Å². The second kappa shape index (κ2) is 6.99. The van der Waals surface area contributed by atoms with Crippen molar-refractivity contribution in [1.82, 2.24) is 10.3 Å². The Morgan fingerprint density at radius 1 is 1.33 bits per heavy atom. The van der Waals surface area contributed by atoms with Crippen LogP contribution in [-0.2, 0) is 0 Å². The van der Waals surface area contributed by atoms with E-state index in [1.165, 1.54) is 12.3 Å². The SMILES string of the molecule is CCCNCCOc1ccc([N+](=O)[O-])c2cnc(C)cc12. The van der Waals surface area contributed by atoms with Gasteiger partial charge in [0, 0.05) is 29.9 Å². The highest BCUT2D eigenvalue weighted by atomic mass is 16.6. The number of benzene rings is 1. The molecule has 1 N–H and O–H groups in total. The number of nitro groups is 1. The van der Waals surface area contributed by atoms with Gasteiger partial charge in [-0.25, -0.2) is 0 Å². The summed E-state index contributed by atoms with van der Waals surface area (Å²) in [6.45, 7) is 6.18. The van der Waals surface area contributed by atoms with Gasteiger partial charge >= 0.3 is 0 Å². The first-order chi connectivity index (χ1) is 10.1. The van der Waals surface area contributed by atoms with Crippen molar-refractivity contribution < 1.29 is 9.66 Å². The van der Waals surface area contributed by atoms with Gasteiger partial charge in [0.05, 0.1) is 10.3 Å². The van der Waals surface area contributed by atoms with E-state index in [0.717, 1.165) is 30.6 Å². The van der Waals surface area contributed by atoms with E-state index < -0.39 is 4.92 Å². The lowest BCUT2D eigenvalue weighted by molar-refractivity contribution is -0.383. The molecule has 1 aromatic carbocycles. The van der Waals surface area contributed by atoms with E-state index in [1.54, 1.807) is 6.07 Å². The number of hydrogen-bond donors (Lipinski definition) is 1. The summed E-state index contributed by atoms with van der Waals surface area (Å²) in [6.07, 6.45) is 2.61. The molecular weight excluding hydrogens is 270 g/mol. The van der Waals surface area contributed by atoms with Crippen LogP contribution in [0, 0.1) is 17.0 Å². The van der Waals surface area contributed by atoms with Gasteiger partial charge < -0.3 is 10.1 Å². The van der Waals surface area contributed by atoms with Gasteiger partial charge in [-0.2, -0.15) is 0 Å². The average Bonchev–Trinajstić information content (AvgIpc) is 2.46. The van der Waals surface area contributed by atoms with E-state index in [0.29, 0.717) is 17.7 Å². The maximum atomic E-state index is 11.1. The molecule has 1 heterocycles. The molecular formula is C15H19N3O3. The molecule has 0 amide bonds. The summed E-state index contributed by atoms with van der Waals surface area (Å²) in [5.74, 6) is 0.652. The van der Waals surface area contributed by atoms with Gasteiger partial charge in [0.15, 0.2) is 0 Å². The molecule has 0 aliphatic carbocycles. The van der Waals surface area contributed by atoms with Crippen LogP contribution >= 0.6 is 0 Å². The molecule has 21 heavy (non-hydrogen) atoms. The summed E-state index contributed by atoms with van der Waals surface area (Å²) in [6, 6.07) is 4.94. The number of nitro benzene ring substituents is 1. The van der Waals surface area contributed by atoms with Crippen molar-refractivity contribution in [2.75, 3.05) is 19.7 Å². The first-order valence-electron chi connectivity index (χ1n) is 7.00. The van der Waals surface area contributed by atoms with Gasteiger partial charge in [-0.1, -0.05) is 6.92 Å². The highest BCUT2D eigenvalue weighted by Gasteiger charge is 2.15. The Bertz CT molecular complexity index is 643. The molecule has 0 radical (unpaired) electrons. The Morgan fingerprint density at radius 3 is 2.86 bits per heavy atom. The van der Waals surface area contributed by atoms with Gasteiger partial charge in [0.25, 0.3) is 5.69 Å². The molecule has 112 valence electrons. The normalized spacial score (nSPS) is 10.8. The van der Waals surface area contributed by atoms with Crippen molar-refractivity contribution in [2.24, 2.45) is 0 Å². The predicted octanol–water partition coefficient (Wildman–Crippen LogP) is 2.83. The number of aryl methyl sites for hydroxylation is 1. The summed E-state index contributed by atoms with van der Waals surface area (Å²) in [5.41, 5.74) is 0.853. The minimum atomic E-state index is -0.397. The van der Waals surface area contributed by atoms with Crippen LogP contribution in [0.1, 0.15) is 19.0 Å². The second-order valence-electron chi connectivity index (χ2n) is 4.81. The number of non-ortho nitro benzene ring substituents is 1. The largest absolute Gasteiger partial charge is 0.492 e. The van der Waals surface area contributed by atoms with Crippen molar-refractivity contribution in [3.63, 3.8) is 0 Å². The molecule has 0 fully saturated rings. The number of aromatic nitrogens is 1. The van der Waals surface area contributed by atoms with Crippen LogP contribution in [0.25, 0.3) is 10.8 Å². The molecule has 2 aromatic rings. The van der Waals surface area contributed by atoms with Crippen LogP contribution < -0.4 is 10.1 Å². The Kier molecular flexibility index (Phi) is 5.05. The van der Waals surface area contributed by atoms with Crippen LogP contribution in [0.3, 0.4) is 0 Å². The van der Waals surface area contributed by atoms with E-state index in [-0.39, 0.29) is 5.69 Å². The molecule has 0 aliphatic rings. The number of fused-ring (bicyclic) bond motifs is 1. The van der Waals surface area contributed by atoms with Gasteiger partial charge in [0.2, 0.25) is 0 Å². The van der Waals surface area contributed by atoms with Crippen LogP contribution in [0.15, 0.2) is 24.4 Å². The molecule has 6 heteroatoms. The quantitative estimate of drug-likeness (QED) is 0.482. The fraction of sp³-hybridized carbons (Fsp3) is 0.400. The molecule has 0 saturated heterocycles. The smallest absolute Gasteiger partial charge is 0.279 e. The van der Waals surface area contributed by atoms with Gasteiger partial charge in [-0.05, 0) is 32.0 Å². The fourth-order valence-electron chi connectivity index (χ4n) is 2.12. The maximum absolute atomic E-state index is 11.1. The Labute approximate surface area is 123 Å². The summed E-state index contributed by atoms with van der Waals surface area (Å²) < 4.78 is 5.74. The van der Waals surface area contributed by atoms with E-state index >= 15 is 0 Å². The van der Waals surface area contributed by atoms with Crippen LogP contribution in [-0.4, -0.2) is 29.6 Å². The fourth-order valence-corrected chi connectivity index (χ4v) is 2.12. The highest BCUT2D eigenvalue weighted by molar-refractivity contribution is 5.95.